The number of carbonyl (C=O) groups excluding carboxylic acids is 1. The molecule has 0 bridgehead atoms. The predicted molar refractivity (Wildman–Crippen MR) is 111 cm³/mol. The number of hydrogen-bond acceptors (Lipinski definition) is 5. The molecule has 154 valence electrons. The van der Waals surface area contributed by atoms with E-state index in [0.29, 0.717) is 42.1 Å². The van der Waals surface area contributed by atoms with Gasteiger partial charge in [0, 0.05) is 24.3 Å². The molecule has 29 heavy (non-hydrogen) atoms. The summed E-state index contributed by atoms with van der Waals surface area (Å²) < 4.78 is 6.02. The molecular formula is C22H26ClN3O3. The number of aliphatic hydroxyl groups excluding tert-OH is 1. The zero-order chi connectivity index (χ0) is 20.2. The van der Waals surface area contributed by atoms with Crippen LogP contribution in [0, 0.1) is 11.8 Å². The van der Waals surface area contributed by atoms with Crippen molar-refractivity contribution in [3.63, 3.8) is 0 Å². The van der Waals surface area contributed by atoms with Gasteiger partial charge in [0.15, 0.2) is 0 Å². The number of hydrogen-bond donors (Lipinski definition) is 2. The van der Waals surface area contributed by atoms with Crippen LogP contribution in [0.15, 0.2) is 48.7 Å². The van der Waals surface area contributed by atoms with E-state index >= 15 is 0 Å². The molecule has 1 aliphatic carbocycles. The third kappa shape index (κ3) is 5.26. The number of fused-ring (bicyclic) bond motifs is 1. The summed E-state index contributed by atoms with van der Waals surface area (Å²) in [7, 11) is 0. The van der Waals surface area contributed by atoms with E-state index in [2.05, 4.69) is 15.2 Å². The van der Waals surface area contributed by atoms with Crippen LogP contribution >= 0.6 is 11.6 Å². The molecule has 1 amide bonds. The number of carbonyl (C=O) groups is 1. The number of halogens is 1. The molecule has 1 aliphatic heterocycles. The minimum atomic E-state index is -0.506. The van der Waals surface area contributed by atoms with Gasteiger partial charge in [-0.1, -0.05) is 23.7 Å². The molecule has 2 N–H and O–H groups in total. The molecular weight excluding hydrogens is 390 g/mol. The summed E-state index contributed by atoms with van der Waals surface area (Å²) in [6.45, 7) is 2.50. The second kappa shape index (κ2) is 9.11. The summed E-state index contributed by atoms with van der Waals surface area (Å²) in [6, 6.07) is 12.9. The molecule has 0 spiro atoms. The number of benzene rings is 1. The van der Waals surface area contributed by atoms with Crippen LogP contribution < -0.4 is 10.1 Å². The molecule has 7 heteroatoms. The first-order valence-electron chi connectivity index (χ1n) is 10.1. The average Bonchev–Trinajstić information content (AvgIpc) is 3.08. The first kappa shape index (κ1) is 20.1. The van der Waals surface area contributed by atoms with Gasteiger partial charge in [0.1, 0.15) is 11.9 Å². The van der Waals surface area contributed by atoms with Gasteiger partial charge >= 0.3 is 0 Å². The number of likely N-dealkylation sites (tertiary alicyclic amines) is 1. The largest absolute Gasteiger partial charge is 0.488 e. The Bertz CT molecular complexity index is 835. The minimum Gasteiger partial charge on any atom is -0.488 e. The highest BCUT2D eigenvalue weighted by Crippen LogP contribution is 2.38. The maximum Gasteiger partial charge on any atom is 0.234 e. The van der Waals surface area contributed by atoms with Gasteiger partial charge in [-0.05, 0) is 55.0 Å². The highest BCUT2D eigenvalue weighted by molar-refractivity contribution is 6.30. The number of nitrogens with one attached hydrogen (secondary N) is 1. The monoisotopic (exact) mass is 415 g/mol. The maximum absolute atomic E-state index is 12.3. The van der Waals surface area contributed by atoms with Crippen LogP contribution in [0.4, 0.5) is 0 Å². The maximum atomic E-state index is 12.3. The summed E-state index contributed by atoms with van der Waals surface area (Å²) in [5, 5.41) is 14.1. The van der Waals surface area contributed by atoms with Crippen LogP contribution in [0.2, 0.25) is 5.02 Å². The van der Waals surface area contributed by atoms with E-state index in [-0.39, 0.29) is 12.0 Å². The van der Waals surface area contributed by atoms with Crippen LogP contribution in [-0.2, 0) is 11.3 Å². The summed E-state index contributed by atoms with van der Waals surface area (Å²) in [5.74, 6) is 1.50. The third-order valence-electron chi connectivity index (χ3n) is 5.80. The van der Waals surface area contributed by atoms with Crippen molar-refractivity contribution >= 4 is 17.5 Å². The zero-order valence-corrected chi connectivity index (χ0v) is 17.0. The van der Waals surface area contributed by atoms with Gasteiger partial charge in [0.05, 0.1) is 24.9 Å². The molecule has 2 aliphatic rings. The molecule has 4 atom stereocenters. The van der Waals surface area contributed by atoms with E-state index < -0.39 is 6.10 Å². The SMILES string of the molecule is O=C(CN1C[C@H]2C[C@@H](Oc3cccc(Cl)c3)[C@H](O)C[C@H]2C1)NCc1ccccn1. The molecule has 0 radical (unpaired) electrons. The Kier molecular flexibility index (Phi) is 6.33. The fourth-order valence-electron chi connectivity index (χ4n) is 4.41. The van der Waals surface area contributed by atoms with Crippen molar-refractivity contribution in [1.82, 2.24) is 15.2 Å². The van der Waals surface area contributed by atoms with Crippen molar-refractivity contribution < 1.29 is 14.6 Å². The number of nitrogens with zero attached hydrogens (tertiary/aromatic N) is 2. The topological polar surface area (TPSA) is 74.7 Å². The quantitative estimate of drug-likeness (QED) is 0.758. The third-order valence-corrected chi connectivity index (χ3v) is 6.04. The van der Waals surface area contributed by atoms with E-state index in [1.165, 1.54) is 0 Å². The normalized spacial score (nSPS) is 26.7. The first-order valence-corrected chi connectivity index (χ1v) is 10.4. The van der Waals surface area contributed by atoms with Crippen molar-refractivity contribution in [3.05, 3.63) is 59.4 Å². The van der Waals surface area contributed by atoms with Crippen LogP contribution in [0.5, 0.6) is 5.75 Å². The van der Waals surface area contributed by atoms with Crippen molar-refractivity contribution in [1.29, 1.82) is 0 Å². The lowest BCUT2D eigenvalue weighted by molar-refractivity contribution is -0.122. The van der Waals surface area contributed by atoms with Gasteiger partial charge in [-0.3, -0.25) is 14.7 Å². The average molecular weight is 416 g/mol. The molecule has 0 unspecified atom stereocenters. The fourth-order valence-corrected chi connectivity index (χ4v) is 4.59. The number of aliphatic hydroxyl groups is 1. The first-order chi connectivity index (χ1) is 14.1. The lowest BCUT2D eigenvalue weighted by Gasteiger charge is -2.35. The Labute approximate surface area is 175 Å². The smallest absolute Gasteiger partial charge is 0.234 e. The number of pyridine rings is 1. The number of amides is 1. The Morgan fingerprint density at radius 1 is 1.21 bits per heavy atom. The van der Waals surface area contributed by atoms with Crippen LogP contribution in [-0.4, -0.2) is 52.7 Å². The molecule has 1 aromatic heterocycles. The summed E-state index contributed by atoms with van der Waals surface area (Å²) in [5.41, 5.74) is 0.847. The van der Waals surface area contributed by atoms with Gasteiger partial charge in [-0.15, -0.1) is 0 Å². The molecule has 2 aromatic rings. The fraction of sp³-hybridized carbons (Fsp3) is 0.455. The van der Waals surface area contributed by atoms with Crippen molar-refractivity contribution in [3.8, 4) is 5.75 Å². The van der Waals surface area contributed by atoms with Crippen molar-refractivity contribution in [2.24, 2.45) is 11.8 Å². The lowest BCUT2D eigenvalue weighted by Crippen LogP contribution is -2.42. The second-order valence-electron chi connectivity index (χ2n) is 7.96. The molecule has 1 saturated heterocycles. The summed E-state index contributed by atoms with van der Waals surface area (Å²) in [6.07, 6.45) is 2.45. The van der Waals surface area contributed by atoms with Crippen LogP contribution in [0.3, 0.4) is 0 Å². The highest BCUT2D eigenvalue weighted by atomic mass is 35.5. The Morgan fingerprint density at radius 2 is 2.03 bits per heavy atom. The summed E-state index contributed by atoms with van der Waals surface area (Å²) in [4.78, 5) is 18.7. The molecule has 6 nitrogen and oxygen atoms in total. The van der Waals surface area contributed by atoms with Crippen molar-refractivity contribution in [2.45, 2.75) is 31.6 Å². The van der Waals surface area contributed by atoms with Crippen LogP contribution in [0.1, 0.15) is 18.5 Å². The molecule has 2 fully saturated rings. The lowest BCUT2D eigenvalue weighted by atomic mass is 9.78. The highest BCUT2D eigenvalue weighted by Gasteiger charge is 2.42. The Hall–Kier alpha value is -2.15. The van der Waals surface area contributed by atoms with E-state index in [9.17, 15) is 9.90 Å². The van der Waals surface area contributed by atoms with E-state index in [1.807, 2.05) is 30.3 Å². The van der Waals surface area contributed by atoms with Gasteiger partial charge in [0.25, 0.3) is 0 Å². The minimum absolute atomic E-state index is 0.00146. The van der Waals surface area contributed by atoms with Gasteiger partial charge < -0.3 is 15.2 Å². The molecule has 2 heterocycles. The van der Waals surface area contributed by atoms with Gasteiger partial charge in [-0.2, -0.15) is 0 Å². The van der Waals surface area contributed by atoms with E-state index in [0.717, 1.165) is 25.2 Å². The number of aromatic nitrogens is 1. The second-order valence-corrected chi connectivity index (χ2v) is 8.40. The van der Waals surface area contributed by atoms with Gasteiger partial charge in [-0.25, -0.2) is 0 Å². The Balaban J connectivity index is 1.27. The van der Waals surface area contributed by atoms with Crippen LogP contribution in [0.25, 0.3) is 0 Å². The molecule has 1 aromatic carbocycles. The van der Waals surface area contributed by atoms with E-state index in [1.54, 1.807) is 18.3 Å². The Morgan fingerprint density at radius 3 is 2.79 bits per heavy atom. The van der Waals surface area contributed by atoms with Crippen molar-refractivity contribution in [2.75, 3.05) is 19.6 Å². The van der Waals surface area contributed by atoms with Gasteiger partial charge in [0.2, 0.25) is 5.91 Å². The summed E-state index contributed by atoms with van der Waals surface area (Å²) >= 11 is 6.03. The predicted octanol–water partition coefficient (Wildman–Crippen LogP) is 2.50. The molecule has 4 rings (SSSR count). The standard InChI is InChI=1S/C22H26ClN3O3/c23-17-4-3-6-19(10-17)29-21-9-16-13-26(12-15(16)8-20(21)27)14-22(28)25-11-18-5-1-2-7-24-18/h1-7,10,15-16,20-21,27H,8-9,11-14H2,(H,25,28)/t15-,16+,20+,21+/m0/s1. The molecule has 1 saturated carbocycles. The van der Waals surface area contributed by atoms with E-state index in [4.69, 9.17) is 16.3 Å². The zero-order valence-electron chi connectivity index (χ0n) is 16.2. The number of ether oxygens (including phenoxy) is 1. The number of rotatable bonds is 6.